The fourth-order valence-electron chi connectivity index (χ4n) is 2.14. The van der Waals surface area contributed by atoms with E-state index in [4.69, 9.17) is 4.52 Å². The topological polar surface area (TPSA) is 75.4 Å². The molecule has 0 aliphatic heterocycles. The van der Waals surface area contributed by atoms with E-state index in [0.29, 0.717) is 23.0 Å². The highest BCUT2D eigenvalue weighted by Gasteiger charge is 2.19. The van der Waals surface area contributed by atoms with E-state index in [1.807, 2.05) is 11.4 Å². The Bertz CT molecular complexity index is 637. The number of unbranched alkanes of at least 4 members (excludes halogenated alkanes) is 2. The maximum Gasteiger partial charge on any atom is 0.264 e. The molecule has 0 bridgehead atoms. The number of nitrogens with zero attached hydrogens (tertiary/aromatic N) is 2. The molecule has 0 unspecified atom stereocenters. The summed E-state index contributed by atoms with van der Waals surface area (Å²) in [5.41, 5.74) is 0. The molecule has 2 aromatic heterocycles. The number of carbonyl (C=O) groups is 2. The van der Waals surface area contributed by atoms with Crippen molar-refractivity contribution >= 4 is 29.0 Å². The van der Waals surface area contributed by atoms with Gasteiger partial charge < -0.3 is 14.7 Å². The van der Waals surface area contributed by atoms with Gasteiger partial charge in [0.15, 0.2) is 5.82 Å². The van der Waals surface area contributed by atoms with Crippen molar-refractivity contribution in [3.8, 4) is 0 Å². The summed E-state index contributed by atoms with van der Waals surface area (Å²) in [7, 11) is 0. The van der Waals surface area contributed by atoms with Crippen molar-refractivity contribution in [2.75, 3.05) is 18.4 Å². The zero-order valence-corrected chi connectivity index (χ0v) is 14.2. The summed E-state index contributed by atoms with van der Waals surface area (Å²) in [6, 6.07) is 5.25. The molecule has 1 N–H and O–H groups in total. The summed E-state index contributed by atoms with van der Waals surface area (Å²) in [5, 5.41) is 8.23. The highest BCUT2D eigenvalue weighted by Crippen LogP contribution is 2.13. The third-order valence-electron chi connectivity index (χ3n) is 3.28. The second kappa shape index (κ2) is 8.47. The average molecular weight is 335 g/mol. The summed E-state index contributed by atoms with van der Waals surface area (Å²) < 4.78 is 4.91. The average Bonchev–Trinajstić information content (AvgIpc) is 3.17. The molecule has 23 heavy (non-hydrogen) atoms. The van der Waals surface area contributed by atoms with Crippen molar-refractivity contribution in [1.82, 2.24) is 10.1 Å². The van der Waals surface area contributed by atoms with Crippen LogP contribution in [0.5, 0.6) is 0 Å². The summed E-state index contributed by atoms with van der Waals surface area (Å²) >= 11 is 1.38. The van der Waals surface area contributed by atoms with Gasteiger partial charge in [-0.3, -0.25) is 9.59 Å². The highest BCUT2D eigenvalue weighted by atomic mass is 32.1. The normalized spacial score (nSPS) is 10.5. The first kappa shape index (κ1) is 17.2. The molecule has 2 aromatic rings. The van der Waals surface area contributed by atoms with Gasteiger partial charge in [0.1, 0.15) is 12.3 Å². The molecular formula is C16H21N3O3S. The van der Waals surface area contributed by atoms with Crippen LogP contribution in [0.1, 0.15) is 41.6 Å². The molecule has 0 fully saturated rings. The highest BCUT2D eigenvalue weighted by molar-refractivity contribution is 7.12. The number of thiophene rings is 1. The van der Waals surface area contributed by atoms with Crippen LogP contribution in [0.25, 0.3) is 0 Å². The van der Waals surface area contributed by atoms with Gasteiger partial charge in [0.05, 0.1) is 4.88 Å². The number of hydrogen-bond acceptors (Lipinski definition) is 5. The first-order chi connectivity index (χ1) is 11.1. The molecule has 0 aliphatic carbocycles. The van der Waals surface area contributed by atoms with E-state index in [1.54, 1.807) is 24.0 Å². The molecule has 0 saturated carbocycles. The van der Waals surface area contributed by atoms with Crippen molar-refractivity contribution in [2.45, 2.75) is 33.1 Å². The minimum atomic E-state index is -0.278. The summed E-state index contributed by atoms with van der Waals surface area (Å²) in [4.78, 5) is 26.9. The van der Waals surface area contributed by atoms with E-state index in [9.17, 15) is 9.59 Å². The predicted molar refractivity (Wildman–Crippen MR) is 89.6 cm³/mol. The smallest absolute Gasteiger partial charge is 0.264 e. The Kier molecular flexibility index (Phi) is 6.34. The monoisotopic (exact) mass is 335 g/mol. The first-order valence-corrected chi connectivity index (χ1v) is 8.54. The van der Waals surface area contributed by atoms with Crippen LogP contribution in [0, 0.1) is 6.92 Å². The van der Waals surface area contributed by atoms with E-state index >= 15 is 0 Å². The zero-order chi connectivity index (χ0) is 16.7. The van der Waals surface area contributed by atoms with Crippen molar-refractivity contribution in [2.24, 2.45) is 0 Å². The lowest BCUT2D eigenvalue weighted by Crippen LogP contribution is -2.38. The number of rotatable bonds is 8. The van der Waals surface area contributed by atoms with Crippen LogP contribution in [0.15, 0.2) is 28.1 Å². The van der Waals surface area contributed by atoms with Crippen LogP contribution >= 0.6 is 11.3 Å². The molecule has 2 rings (SSSR count). The van der Waals surface area contributed by atoms with Gasteiger partial charge in [0, 0.05) is 12.6 Å². The van der Waals surface area contributed by atoms with Crippen LogP contribution in [-0.2, 0) is 4.79 Å². The van der Waals surface area contributed by atoms with Gasteiger partial charge in [-0.25, -0.2) is 0 Å². The Balaban J connectivity index is 1.98. The van der Waals surface area contributed by atoms with Crippen LogP contribution < -0.4 is 5.32 Å². The molecule has 0 radical (unpaired) electrons. The molecule has 124 valence electrons. The van der Waals surface area contributed by atoms with Gasteiger partial charge in [-0.15, -0.1) is 11.3 Å². The van der Waals surface area contributed by atoms with Gasteiger partial charge >= 0.3 is 0 Å². The van der Waals surface area contributed by atoms with Gasteiger partial charge in [-0.1, -0.05) is 31.0 Å². The molecule has 0 saturated heterocycles. The molecule has 6 nitrogen and oxygen atoms in total. The lowest BCUT2D eigenvalue weighted by molar-refractivity contribution is -0.116. The molecule has 2 heterocycles. The molecule has 0 aromatic carbocycles. The Morgan fingerprint density at radius 2 is 2.22 bits per heavy atom. The third kappa shape index (κ3) is 5.21. The minimum absolute atomic E-state index is 0.00630. The second-order valence-corrected chi connectivity index (χ2v) is 6.23. The van der Waals surface area contributed by atoms with Gasteiger partial charge in [0.25, 0.3) is 5.91 Å². The Hall–Kier alpha value is -2.15. The van der Waals surface area contributed by atoms with E-state index in [1.165, 1.54) is 11.3 Å². The fraction of sp³-hybridized carbons (Fsp3) is 0.438. The van der Waals surface area contributed by atoms with Crippen LogP contribution in [0.2, 0.25) is 0 Å². The number of amides is 2. The molecule has 0 aliphatic rings. The first-order valence-electron chi connectivity index (χ1n) is 7.66. The number of nitrogens with one attached hydrogen (secondary N) is 1. The summed E-state index contributed by atoms with van der Waals surface area (Å²) in [5.74, 6) is 0.599. The fourth-order valence-corrected chi connectivity index (χ4v) is 2.83. The lowest BCUT2D eigenvalue weighted by Gasteiger charge is -2.21. The third-order valence-corrected chi connectivity index (χ3v) is 4.14. The SMILES string of the molecule is CCCCCN(CC(=O)Nc1cc(C)on1)C(=O)c1cccs1. The Labute approximate surface area is 139 Å². The molecule has 0 atom stereocenters. The number of aromatic nitrogens is 1. The lowest BCUT2D eigenvalue weighted by atomic mass is 10.2. The number of aryl methyl sites for hydroxylation is 1. The van der Waals surface area contributed by atoms with E-state index in [2.05, 4.69) is 17.4 Å². The van der Waals surface area contributed by atoms with E-state index < -0.39 is 0 Å². The summed E-state index contributed by atoms with van der Waals surface area (Å²) in [6.45, 7) is 4.42. The van der Waals surface area contributed by atoms with Gasteiger partial charge in [0.2, 0.25) is 5.91 Å². The maximum atomic E-state index is 12.5. The van der Waals surface area contributed by atoms with Crippen molar-refractivity contribution in [3.05, 3.63) is 34.2 Å². The quantitative estimate of drug-likeness (QED) is 0.751. The van der Waals surface area contributed by atoms with Gasteiger partial charge in [-0.2, -0.15) is 0 Å². The largest absolute Gasteiger partial charge is 0.360 e. The molecular weight excluding hydrogens is 314 g/mol. The summed E-state index contributed by atoms with van der Waals surface area (Å²) in [6.07, 6.45) is 2.97. The number of hydrogen-bond donors (Lipinski definition) is 1. The Morgan fingerprint density at radius 3 is 2.83 bits per heavy atom. The van der Waals surface area contributed by atoms with Crippen molar-refractivity contribution in [1.29, 1.82) is 0 Å². The number of carbonyl (C=O) groups excluding carboxylic acids is 2. The van der Waals surface area contributed by atoms with Crippen molar-refractivity contribution in [3.63, 3.8) is 0 Å². The van der Waals surface area contributed by atoms with Gasteiger partial charge in [-0.05, 0) is 24.8 Å². The maximum absolute atomic E-state index is 12.5. The van der Waals surface area contributed by atoms with E-state index in [0.717, 1.165) is 19.3 Å². The predicted octanol–water partition coefficient (Wildman–Crippen LogP) is 3.32. The zero-order valence-electron chi connectivity index (χ0n) is 13.4. The van der Waals surface area contributed by atoms with Crippen LogP contribution in [-0.4, -0.2) is 35.0 Å². The number of anilines is 1. The second-order valence-electron chi connectivity index (χ2n) is 5.28. The molecule has 7 heteroatoms. The minimum Gasteiger partial charge on any atom is -0.360 e. The van der Waals surface area contributed by atoms with E-state index in [-0.39, 0.29) is 18.4 Å². The standard InChI is InChI=1S/C16H21N3O3S/c1-3-4-5-8-19(16(21)13-7-6-9-23-13)11-15(20)17-14-10-12(2)22-18-14/h6-7,9-10H,3-5,8,11H2,1-2H3,(H,17,18,20). The van der Waals surface area contributed by atoms with Crippen LogP contribution in [0.3, 0.4) is 0 Å². The van der Waals surface area contributed by atoms with Crippen LogP contribution in [0.4, 0.5) is 5.82 Å². The molecule has 2 amide bonds. The Morgan fingerprint density at radius 1 is 1.39 bits per heavy atom. The molecule has 0 spiro atoms. The van der Waals surface area contributed by atoms with Crippen molar-refractivity contribution < 1.29 is 14.1 Å².